The largest absolute Gasteiger partial charge is 0.244 e. The van der Waals surface area contributed by atoms with Crippen molar-refractivity contribution in [3.05, 3.63) is 109 Å². The molecular weight excluding hydrogens is 316 g/mol. The summed E-state index contributed by atoms with van der Waals surface area (Å²) in [6.07, 6.45) is 15.5. The van der Waals surface area contributed by atoms with E-state index in [0.717, 1.165) is 44.7 Å². The van der Waals surface area contributed by atoms with Gasteiger partial charge in [-0.05, 0) is 41.7 Å². The number of aromatic nitrogens is 2. The molecule has 0 radical (unpaired) electrons. The number of hydrogen-bond donors (Lipinski definition) is 0. The lowest BCUT2D eigenvalue weighted by Gasteiger charge is -2.22. The Morgan fingerprint density at radius 1 is 0.769 bits per heavy atom. The van der Waals surface area contributed by atoms with E-state index in [2.05, 4.69) is 59.6 Å². The van der Waals surface area contributed by atoms with Gasteiger partial charge < -0.3 is 0 Å². The van der Waals surface area contributed by atoms with Crippen LogP contribution in [0.25, 0.3) is 22.3 Å². The van der Waals surface area contributed by atoms with E-state index in [-0.39, 0.29) is 0 Å². The van der Waals surface area contributed by atoms with Crippen LogP contribution in [-0.4, -0.2) is 9.97 Å². The zero-order valence-electron chi connectivity index (χ0n) is 15.2. The first kappa shape index (κ1) is 17.6. The van der Waals surface area contributed by atoms with E-state index in [9.17, 15) is 0 Å². The Morgan fingerprint density at radius 3 is 2.04 bits per heavy atom. The zero-order valence-corrected chi connectivity index (χ0v) is 15.2. The summed E-state index contributed by atoms with van der Waals surface area (Å²) in [6, 6.07) is 8.35. The molecule has 128 valence electrons. The van der Waals surface area contributed by atoms with E-state index in [1.54, 1.807) is 6.33 Å². The van der Waals surface area contributed by atoms with Crippen LogP contribution < -0.4 is 0 Å². The van der Waals surface area contributed by atoms with E-state index in [0.29, 0.717) is 0 Å². The topological polar surface area (TPSA) is 25.8 Å². The van der Waals surface area contributed by atoms with Gasteiger partial charge in [0.05, 0.1) is 5.69 Å². The molecule has 0 aliphatic heterocycles. The minimum Gasteiger partial charge on any atom is -0.244 e. The molecule has 0 N–H and O–H groups in total. The Kier molecular flexibility index (Phi) is 5.23. The molecule has 0 spiro atoms. The lowest BCUT2D eigenvalue weighted by Crippen LogP contribution is -2.04. The molecule has 1 heterocycles. The molecule has 0 amide bonds. The Labute approximate surface area is 155 Å². The van der Waals surface area contributed by atoms with Gasteiger partial charge in [0.25, 0.3) is 0 Å². The van der Waals surface area contributed by atoms with Gasteiger partial charge in [-0.2, -0.15) is 0 Å². The van der Waals surface area contributed by atoms with Gasteiger partial charge in [0.2, 0.25) is 0 Å². The van der Waals surface area contributed by atoms with Crippen molar-refractivity contribution in [3.8, 4) is 11.1 Å². The maximum absolute atomic E-state index is 4.61. The first-order valence-electron chi connectivity index (χ1n) is 8.66. The van der Waals surface area contributed by atoms with Crippen molar-refractivity contribution in [3.63, 3.8) is 0 Å². The molecule has 1 aliphatic carbocycles. The Morgan fingerprint density at radius 2 is 1.38 bits per heavy atom. The minimum absolute atomic E-state index is 0.902. The molecule has 0 fully saturated rings. The highest BCUT2D eigenvalue weighted by Gasteiger charge is 2.22. The Hall–Kier alpha value is -3.26. The summed E-state index contributed by atoms with van der Waals surface area (Å²) in [5.74, 6) is 0. The maximum atomic E-state index is 4.61. The first-order chi connectivity index (χ1) is 12.8. The summed E-state index contributed by atoms with van der Waals surface area (Å²) in [5.41, 5.74) is 8.36. The van der Waals surface area contributed by atoms with Gasteiger partial charge in [0.15, 0.2) is 0 Å². The van der Waals surface area contributed by atoms with Crippen molar-refractivity contribution in [2.24, 2.45) is 0 Å². The van der Waals surface area contributed by atoms with E-state index >= 15 is 0 Å². The number of rotatable bonds is 4. The molecule has 3 rings (SSSR count). The second kappa shape index (κ2) is 7.75. The summed E-state index contributed by atoms with van der Waals surface area (Å²) >= 11 is 0. The van der Waals surface area contributed by atoms with Gasteiger partial charge in [-0.3, -0.25) is 0 Å². The summed E-state index contributed by atoms with van der Waals surface area (Å²) in [4.78, 5) is 8.90. The fourth-order valence-corrected chi connectivity index (χ4v) is 3.38. The Balaban J connectivity index is 2.59. The van der Waals surface area contributed by atoms with Crippen LogP contribution in [0.15, 0.2) is 97.5 Å². The molecule has 1 aromatic carbocycles. The van der Waals surface area contributed by atoms with Crippen LogP contribution in [0, 0.1) is 0 Å². The lowest BCUT2D eigenvalue weighted by molar-refractivity contribution is 1.14. The number of allylic oxidation sites excluding steroid dienone is 10. The third-order valence-corrected chi connectivity index (χ3v) is 4.42. The summed E-state index contributed by atoms with van der Waals surface area (Å²) in [7, 11) is 0. The van der Waals surface area contributed by atoms with Gasteiger partial charge in [0.1, 0.15) is 6.33 Å². The SMILES string of the molecule is C=CC1=C(/C=C\C)c2ccccc2-c2cncnc2C(/C=C\C)=C1C=C. The fourth-order valence-electron chi connectivity index (χ4n) is 3.38. The van der Waals surface area contributed by atoms with Crippen molar-refractivity contribution in [1.29, 1.82) is 0 Å². The van der Waals surface area contributed by atoms with Crippen molar-refractivity contribution in [2.75, 3.05) is 0 Å². The zero-order chi connectivity index (χ0) is 18.5. The summed E-state index contributed by atoms with van der Waals surface area (Å²) in [6.45, 7) is 12.2. The smallest absolute Gasteiger partial charge is 0.116 e. The van der Waals surface area contributed by atoms with Gasteiger partial charge in [-0.15, -0.1) is 0 Å². The molecule has 0 saturated heterocycles. The van der Waals surface area contributed by atoms with Crippen LogP contribution in [0.4, 0.5) is 0 Å². The van der Waals surface area contributed by atoms with Crippen molar-refractivity contribution in [1.82, 2.24) is 9.97 Å². The van der Waals surface area contributed by atoms with E-state index in [1.165, 1.54) is 0 Å². The average Bonchev–Trinajstić information content (AvgIpc) is 2.68. The van der Waals surface area contributed by atoms with Gasteiger partial charge in [-0.25, -0.2) is 9.97 Å². The van der Waals surface area contributed by atoms with E-state index in [1.807, 2.05) is 44.3 Å². The number of hydrogen-bond acceptors (Lipinski definition) is 2. The van der Waals surface area contributed by atoms with Crippen LogP contribution in [0.2, 0.25) is 0 Å². The minimum atomic E-state index is 0.902. The normalized spacial score (nSPS) is 14.2. The van der Waals surface area contributed by atoms with E-state index in [4.69, 9.17) is 0 Å². The standard InChI is InChI=1S/C24H22N2/c1-5-11-19-17(7-3)18(8-4)22(12-6-2)24-23(15-25-16-26-24)21-14-10-9-13-20(19)21/h5-16H,3-4H2,1-2H3/b11-5-,12-6-,18-17?,19-17?,20-19?,22-18?,23-21?,24-22?. The highest BCUT2D eigenvalue weighted by atomic mass is 14.8. The van der Waals surface area contributed by atoms with Gasteiger partial charge in [0, 0.05) is 17.3 Å². The molecular formula is C24H22N2. The monoisotopic (exact) mass is 338 g/mol. The molecule has 0 saturated carbocycles. The van der Waals surface area contributed by atoms with Gasteiger partial charge in [-0.1, -0.05) is 73.9 Å². The van der Waals surface area contributed by atoms with Crippen LogP contribution in [0.3, 0.4) is 0 Å². The lowest BCUT2D eigenvalue weighted by atomic mass is 9.82. The second-order valence-corrected chi connectivity index (χ2v) is 5.89. The number of benzene rings is 1. The summed E-state index contributed by atoms with van der Waals surface area (Å²) in [5, 5.41) is 0. The molecule has 2 aromatic rings. The third kappa shape index (κ3) is 2.91. The second-order valence-electron chi connectivity index (χ2n) is 5.89. The van der Waals surface area contributed by atoms with Crippen molar-refractivity contribution >= 4 is 11.1 Å². The van der Waals surface area contributed by atoms with Crippen LogP contribution in [0.1, 0.15) is 25.1 Å². The third-order valence-electron chi connectivity index (χ3n) is 4.42. The average molecular weight is 338 g/mol. The molecule has 1 aliphatic rings. The number of fused-ring (bicyclic) bond motifs is 3. The number of nitrogens with zero attached hydrogens (tertiary/aromatic N) is 2. The predicted octanol–water partition coefficient (Wildman–Crippen LogP) is 6.19. The predicted molar refractivity (Wildman–Crippen MR) is 111 cm³/mol. The molecule has 2 heteroatoms. The molecule has 0 unspecified atom stereocenters. The summed E-state index contributed by atoms with van der Waals surface area (Å²) < 4.78 is 0. The fraction of sp³-hybridized carbons (Fsp3) is 0.0833. The van der Waals surface area contributed by atoms with E-state index < -0.39 is 0 Å². The maximum Gasteiger partial charge on any atom is 0.116 e. The van der Waals surface area contributed by atoms with Crippen molar-refractivity contribution < 1.29 is 0 Å². The van der Waals surface area contributed by atoms with Crippen LogP contribution in [-0.2, 0) is 0 Å². The first-order valence-corrected chi connectivity index (χ1v) is 8.66. The highest BCUT2D eigenvalue weighted by molar-refractivity contribution is 5.99. The van der Waals surface area contributed by atoms with Crippen molar-refractivity contribution in [2.45, 2.75) is 13.8 Å². The molecule has 0 atom stereocenters. The van der Waals surface area contributed by atoms with Crippen LogP contribution in [0.5, 0.6) is 0 Å². The quantitative estimate of drug-likeness (QED) is 0.664. The molecule has 26 heavy (non-hydrogen) atoms. The molecule has 0 bridgehead atoms. The highest BCUT2D eigenvalue weighted by Crippen LogP contribution is 2.41. The molecule has 1 aromatic heterocycles. The van der Waals surface area contributed by atoms with Crippen LogP contribution >= 0.6 is 0 Å². The molecule has 2 nitrogen and oxygen atoms in total. The van der Waals surface area contributed by atoms with Gasteiger partial charge >= 0.3 is 0 Å². The Bertz CT molecular complexity index is 903.